The second-order valence-corrected chi connectivity index (χ2v) is 4.45. The zero-order valence-corrected chi connectivity index (χ0v) is 10.4. The molecule has 0 aromatic carbocycles. The van der Waals surface area contributed by atoms with Gasteiger partial charge >= 0.3 is 5.97 Å². The highest BCUT2D eigenvalue weighted by Crippen LogP contribution is 2.10. The normalized spacial score (nSPS) is 11.1. The van der Waals surface area contributed by atoms with Gasteiger partial charge in [-0.1, -0.05) is 0 Å². The van der Waals surface area contributed by atoms with E-state index in [1.54, 1.807) is 10.7 Å². The van der Waals surface area contributed by atoms with E-state index in [9.17, 15) is 4.79 Å². The van der Waals surface area contributed by atoms with Gasteiger partial charge < -0.3 is 10.4 Å². The highest BCUT2D eigenvalue weighted by molar-refractivity contribution is 5.67. The lowest BCUT2D eigenvalue weighted by atomic mass is 10.2. The van der Waals surface area contributed by atoms with Gasteiger partial charge in [-0.05, 0) is 26.0 Å². The summed E-state index contributed by atoms with van der Waals surface area (Å²) in [5.41, 5.74) is 1.47. The molecule has 2 rings (SSSR count). The van der Waals surface area contributed by atoms with Gasteiger partial charge in [0.05, 0.1) is 18.3 Å². The van der Waals surface area contributed by atoms with Crippen LogP contribution in [0.1, 0.15) is 26.0 Å². The maximum absolute atomic E-state index is 10.5. The van der Waals surface area contributed by atoms with Crippen LogP contribution in [0.3, 0.4) is 0 Å². The number of carboxylic acids is 1. The molecule has 0 saturated heterocycles. The summed E-state index contributed by atoms with van der Waals surface area (Å²) in [5, 5.41) is 16.2. The number of hydrogen-bond donors (Lipinski definition) is 2. The minimum atomic E-state index is -0.817. The van der Waals surface area contributed by atoms with Gasteiger partial charge in [-0.25, -0.2) is 9.50 Å². The molecule has 0 aliphatic heterocycles. The summed E-state index contributed by atoms with van der Waals surface area (Å²) in [6.07, 6.45) is 2.27. The number of anilines is 1. The molecule has 96 valence electrons. The van der Waals surface area contributed by atoms with Crippen molar-refractivity contribution in [2.75, 3.05) is 5.32 Å². The van der Waals surface area contributed by atoms with Gasteiger partial charge in [0.25, 0.3) is 0 Å². The summed E-state index contributed by atoms with van der Waals surface area (Å²) in [7, 11) is 0. The fourth-order valence-electron chi connectivity index (χ4n) is 1.66. The molecule has 2 N–H and O–H groups in total. The number of rotatable bonds is 5. The number of aliphatic carboxylic acids is 1. The summed E-state index contributed by atoms with van der Waals surface area (Å²) in [6.45, 7) is 4.08. The lowest BCUT2D eigenvalue weighted by molar-refractivity contribution is -0.136. The Bertz CT molecular complexity index is 562. The molecule has 6 nitrogen and oxygen atoms in total. The predicted octanol–water partition coefficient (Wildman–Crippen LogP) is 1.57. The fraction of sp³-hybridized carbons (Fsp3) is 0.417. The molecule has 0 saturated carbocycles. The first-order chi connectivity index (χ1) is 8.54. The van der Waals surface area contributed by atoms with E-state index in [2.05, 4.69) is 15.4 Å². The zero-order valence-electron chi connectivity index (χ0n) is 10.4. The van der Waals surface area contributed by atoms with Gasteiger partial charge in [0, 0.05) is 12.5 Å². The number of hydrogen-bond acceptors (Lipinski definition) is 4. The molecule has 2 aromatic heterocycles. The number of imidazole rings is 1. The predicted molar refractivity (Wildman–Crippen MR) is 67.7 cm³/mol. The first-order valence-electron chi connectivity index (χ1n) is 5.88. The standard InChI is InChI=1S/C12H16N4O2/c1-8(2)13-10-4-5-11-14-9(3-6-12(17)18)7-16(11)15-10/h4-5,7-8H,3,6H2,1-2H3,(H,13,15)(H,17,18). The van der Waals surface area contributed by atoms with Crippen molar-refractivity contribution in [2.24, 2.45) is 0 Å². The third-order valence-electron chi connectivity index (χ3n) is 2.40. The Morgan fingerprint density at radius 1 is 1.50 bits per heavy atom. The Morgan fingerprint density at radius 2 is 2.28 bits per heavy atom. The Morgan fingerprint density at radius 3 is 2.94 bits per heavy atom. The molecule has 0 aliphatic carbocycles. The molecular formula is C12H16N4O2. The molecule has 0 atom stereocenters. The lowest BCUT2D eigenvalue weighted by Crippen LogP contribution is -2.11. The summed E-state index contributed by atoms with van der Waals surface area (Å²) in [4.78, 5) is 14.8. The van der Waals surface area contributed by atoms with E-state index < -0.39 is 5.97 Å². The molecule has 0 aliphatic rings. The van der Waals surface area contributed by atoms with Crippen molar-refractivity contribution in [1.82, 2.24) is 14.6 Å². The van der Waals surface area contributed by atoms with Gasteiger partial charge in [0.15, 0.2) is 5.65 Å². The highest BCUT2D eigenvalue weighted by Gasteiger charge is 2.06. The van der Waals surface area contributed by atoms with Crippen molar-refractivity contribution in [3.05, 3.63) is 24.0 Å². The molecule has 2 aromatic rings. The van der Waals surface area contributed by atoms with Crippen LogP contribution in [0.25, 0.3) is 5.65 Å². The molecule has 0 bridgehead atoms. The first kappa shape index (κ1) is 12.3. The average Bonchev–Trinajstić information content (AvgIpc) is 2.67. The van der Waals surface area contributed by atoms with E-state index in [1.807, 2.05) is 26.0 Å². The third-order valence-corrected chi connectivity index (χ3v) is 2.40. The van der Waals surface area contributed by atoms with Crippen LogP contribution in [0.4, 0.5) is 5.82 Å². The first-order valence-corrected chi connectivity index (χ1v) is 5.88. The molecule has 6 heteroatoms. The zero-order chi connectivity index (χ0) is 13.1. The van der Waals surface area contributed by atoms with E-state index in [4.69, 9.17) is 5.11 Å². The molecule has 0 amide bonds. The Balaban J connectivity index is 2.19. The fourth-order valence-corrected chi connectivity index (χ4v) is 1.66. The monoisotopic (exact) mass is 248 g/mol. The lowest BCUT2D eigenvalue weighted by Gasteiger charge is -2.08. The van der Waals surface area contributed by atoms with E-state index in [-0.39, 0.29) is 6.42 Å². The Kier molecular flexibility index (Phi) is 3.45. The van der Waals surface area contributed by atoms with Gasteiger partial charge in [-0.15, -0.1) is 5.10 Å². The van der Waals surface area contributed by atoms with Crippen molar-refractivity contribution in [3.63, 3.8) is 0 Å². The molecular weight excluding hydrogens is 232 g/mol. The van der Waals surface area contributed by atoms with Crippen LogP contribution in [0.2, 0.25) is 0 Å². The average molecular weight is 248 g/mol. The SMILES string of the molecule is CC(C)Nc1ccc2nc(CCC(=O)O)cn2n1. The number of fused-ring (bicyclic) bond motifs is 1. The molecule has 0 radical (unpaired) electrons. The van der Waals surface area contributed by atoms with Crippen molar-refractivity contribution >= 4 is 17.4 Å². The number of nitrogens with one attached hydrogen (secondary N) is 1. The molecule has 0 unspecified atom stereocenters. The van der Waals surface area contributed by atoms with Crippen molar-refractivity contribution in [3.8, 4) is 0 Å². The minimum absolute atomic E-state index is 0.0843. The van der Waals surface area contributed by atoms with Crippen molar-refractivity contribution < 1.29 is 9.90 Å². The maximum atomic E-state index is 10.5. The van der Waals surface area contributed by atoms with Gasteiger partial charge in [-0.3, -0.25) is 4.79 Å². The van der Waals surface area contributed by atoms with Crippen LogP contribution < -0.4 is 5.32 Å². The topological polar surface area (TPSA) is 79.5 Å². The molecule has 2 heterocycles. The van der Waals surface area contributed by atoms with E-state index >= 15 is 0 Å². The van der Waals surface area contributed by atoms with Crippen LogP contribution in [0.5, 0.6) is 0 Å². The molecule has 0 spiro atoms. The summed E-state index contributed by atoms with van der Waals surface area (Å²) < 4.78 is 1.67. The number of aryl methyl sites for hydroxylation is 1. The number of carbonyl (C=O) groups is 1. The van der Waals surface area contributed by atoms with Crippen LogP contribution in [-0.4, -0.2) is 31.7 Å². The second-order valence-electron chi connectivity index (χ2n) is 4.45. The second kappa shape index (κ2) is 5.03. The van der Waals surface area contributed by atoms with Gasteiger partial charge in [0.2, 0.25) is 0 Å². The van der Waals surface area contributed by atoms with E-state index in [1.165, 1.54) is 0 Å². The van der Waals surface area contributed by atoms with Crippen LogP contribution in [0.15, 0.2) is 18.3 Å². The van der Waals surface area contributed by atoms with Crippen LogP contribution in [-0.2, 0) is 11.2 Å². The summed E-state index contributed by atoms with van der Waals surface area (Å²) in [6, 6.07) is 4.04. The van der Waals surface area contributed by atoms with Gasteiger partial charge in [0.1, 0.15) is 5.82 Å². The largest absolute Gasteiger partial charge is 0.481 e. The van der Waals surface area contributed by atoms with Gasteiger partial charge in [-0.2, -0.15) is 0 Å². The molecule has 18 heavy (non-hydrogen) atoms. The summed E-state index contributed by atoms with van der Waals surface area (Å²) >= 11 is 0. The van der Waals surface area contributed by atoms with Crippen LogP contribution in [0, 0.1) is 0 Å². The third kappa shape index (κ3) is 2.97. The van der Waals surface area contributed by atoms with Crippen molar-refractivity contribution in [2.45, 2.75) is 32.7 Å². The smallest absolute Gasteiger partial charge is 0.303 e. The highest BCUT2D eigenvalue weighted by atomic mass is 16.4. The minimum Gasteiger partial charge on any atom is -0.481 e. The molecule has 0 fully saturated rings. The Labute approximate surface area is 105 Å². The maximum Gasteiger partial charge on any atom is 0.303 e. The number of nitrogens with zero attached hydrogens (tertiary/aromatic N) is 3. The summed E-state index contributed by atoms with van der Waals surface area (Å²) in [5.74, 6) is -0.0399. The Hall–Kier alpha value is -2.11. The van der Waals surface area contributed by atoms with E-state index in [0.29, 0.717) is 12.5 Å². The van der Waals surface area contributed by atoms with E-state index in [0.717, 1.165) is 17.2 Å². The number of carboxylic acid groups (broad SMARTS) is 1. The van der Waals surface area contributed by atoms with Crippen molar-refractivity contribution in [1.29, 1.82) is 0 Å². The quantitative estimate of drug-likeness (QED) is 0.839. The van der Waals surface area contributed by atoms with Crippen LogP contribution >= 0.6 is 0 Å². The number of aromatic nitrogens is 3.